The standard InChI is InChI=1S/C17H31NO4/c1-10(2)8-13(18-16(20)22-17(5,6)7)14-9-12(11(3)4)15(19)21-14/h10-14H,8-9H2,1-7H3,(H,18,20)/t12?,13-,14?/m1/s1. The van der Waals surface area contributed by atoms with Gasteiger partial charge < -0.3 is 14.8 Å². The van der Waals surface area contributed by atoms with Crippen molar-refractivity contribution in [1.82, 2.24) is 5.32 Å². The maximum absolute atomic E-state index is 12.0. The number of amides is 1. The van der Waals surface area contributed by atoms with Gasteiger partial charge in [-0.05, 0) is 45.4 Å². The molecule has 0 radical (unpaired) electrons. The Hall–Kier alpha value is -1.26. The topological polar surface area (TPSA) is 64.6 Å². The van der Waals surface area contributed by atoms with Crippen LogP contribution in [0, 0.1) is 17.8 Å². The van der Waals surface area contributed by atoms with E-state index in [1.165, 1.54) is 0 Å². The summed E-state index contributed by atoms with van der Waals surface area (Å²) < 4.78 is 10.8. The van der Waals surface area contributed by atoms with E-state index >= 15 is 0 Å². The van der Waals surface area contributed by atoms with Gasteiger partial charge in [-0.25, -0.2) is 4.79 Å². The van der Waals surface area contributed by atoms with Crippen molar-refractivity contribution >= 4 is 12.1 Å². The van der Waals surface area contributed by atoms with E-state index in [1.54, 1.807) is 0 Å². The molecule has 0 aromatic carbocycles. The van der Waals surface area contributed by atoms with Crippen molar-refractivity contribution in [2.24, 2.45) is 17.8 Å². The maximum Gasteiger partial charge on any atom is 0.408 e. The summed E-state index contributed by atoms with van der Waals surface area (Å²) in [5.74, 6) is 0.398. The minimum Gasteiger partial charge on any atom is -0.460 e. The van der Waals surface area contributed by atoms with Gasteiger partial charge in [0.25, 0.3) is 0 Å². The molecule has 2 unspecified atom stereocenters. The average molecular weight is 313 g/mol. The first-order chi connectivity index (χ1) is 9.99. The number of carbonyl (C=O) groups excluding carboxylic acids is 2. The largest absolute Gasteiger partial charge is 0.460 e. The molecule has 0 aliphatic carbocycles. The molecule has 0 spiro atoms. The number of hydrogen-bond donors (Lipinski definition) is 1. The third-order valence-electron chi connectivity index (χ3n) is 3.74. The summed E-state index contributed by atoms with van der Waals surface area (Å²) >= 11 is 0. The Morgan fingerprint density at radius 3 is 2.32 bits per heavy atom. The molecule has 0 saturated carbocycles. The molecule has 128 valence electrons. The Kier molecular flexibility index (Phi) is 6.27. The van der Waals surface area contributed by atoms with Gasteiger partial charge >= 0.3 is 12.1 Å². The Morgan fingerprint density at radius 2 is 1.91 bits per heavy atom. The van der Waals surface area contributed by atoms with Gasteiger partial charge in [-0.1, -0.05) is 27.7 Å². The van der Waals surface area contributed by atoms with Gasteiger partial charge in [-0.15, -0.1) is 0 Å². The van der Waals surface area contributed by atoms with Crippen molar-refractivity contribution in [1.29, 1.82) is 0 Å². The zero-order valence-electron chi connectivity index (χ0n) is 14.9. The molecule has 0 bridgehead atoms. The Bertz CT molecular complexity index is 398. The molecule has 1 amide bonds. The molecule has 3 atom stereocenters. The predicted octanol–water partition coefficient (Wildman–Crippen LogP) is 3.51. The van der Waals surface area contributed by atoms with E-state index in [2.05, 4.69) is 19.2 Å². The van der Waals surface area contributed by atoms with Crippen LogP contribution in [0.5, 0.6) is 0 Å². The molecule has 5 nitrogen and oxygen atoms in total. The molecular weight excluding hydrogens is 282 g/mol. The highest BCUT2D eigenvalue weighted by Crippen LogP contribution is 2.31. The first kappa shape index (κ1) is 18.8. The smallest absolute Gasteiger partial charge is 0.408 e. The molecule has 1 saturated heterocycles. The highest BCUT2D eigenvalue weighted by molar-refractivity contribution is 5.75. The Morgan fingerprint density at radius 1 is 1.32 bits per heavy atom. The molecule has 22 heavy (non-hydrogen) atoms. The van der Waals surface area contributed by atoms with Crippen molar-refractivity contribution < 1.29 is 19.1 Å². The van der Waals surface area contributed by atoms with E-state index in [0.717, 1.165) is 6.42 Å². The predicted molar refractivity (Wildman–Crippen MR) is 85.4 cm³/mol. The van der Waals surface area contributed by atoms with Gasteiger partial charge in [0.2, 0.25) is 0 Å². The molecular formula is C17H31NO4. The summed E-state index contributed by atoms with van der Waals surface area (Å²) in [5, 5.41) is 2.89. The summed E-state index contributed by atoms with van der Waals surface area (Å²) in [6.07, 6.45) is 0.683. The van der Waals surface area contributed by atoms with Crippen LogP contribution in [0.3, 0.4) is 0 Å². The fourth-order valence-corrected chi connectivity index (χ4v) is 2.69. The number of carbonyl (C=O) groups is 2. The zero-order chi connectivity index (χ0) is 17.1. The van der Waals surface area contributed by atoms with Crippen molar-refractivity contribution in [3.8, 4) is 0 Å². The molecule has 1 fully saturated rings. The first-order valence-electron chi connectivity index (χ1n) is 8.19. The van der Waals surface area contributed by atoms with Crippen LogP contribution in [0.2, 0.25) is 0 Å². The molecule has 5 heteroatoms. The zero-order valence-corrected chi connectivity index (χ0v) is 14.9. The second-order valence-corrected chi connectivity index (χ2v) is 7.94. The maximum atomic E-state index is 12.0. The van der Waals surface area contributed by atoms with E-state index in [9.17, 15) is 9.59 Å². The van der Waals surface area contributed by atoms with Crippen LogP contribution in [0.4, 0.5) is 4.79 Å². The van der Waals surface area contributed by atoms with Gasteiger partial charge in [-0.3, -0.25) is 4.79 Å². The van der Waals surface area contributed by atoms with Crippen LogP contribution in [-0.2, 0) is 14.3 Å². The van der Waals surface area contributed by atoms with Gasteiger partial charge in [0.05, 0.1) is 12.0 Å². The van der Waals surface area contributed by atoms with E-state index in [4.69, 9.17) is 9.47 Å². The normalized spacial score (nSPS) is 23.6. The Balaban J connectivity index is 2.73. The molecule has 1 heterocycles. The fraction of sp³-hybridized carbons (Fsp3) is 0.882. The molecule has 0 aromatic heterocycles. The van der Waals surface area contributed by atoms with E-state index in [-0.39, 0.29) is 30.0 Å². The lowest BCUT2D eigenvalue weighted by Gasteiger charge is -2.27. The van der Waals surface area contributed by atoms with Crippen LogP contribution in [-0.4, -0.2) is 29.8 Å². The van der Waals surface area contributed by atoms with Crippen LogP contribution in [0.25, 0.3) is 0 Å². The van der Waals surface area contributed by atoms with Crippen molar-refractivity contribution in [3.05, 3.63) is 0 Å². The SMILES string of the molecule is CC(C)C[C@@H](NC(=O)OC(C)(C)C)C1CC(C(C)C)C(=O)O1. The number of cyclic esters (lactones) is 1. The second-order valence-electron chi connectivity index (χ2n) is 7.94. The van der Waals surface area contributed by atoms with Crippen molar-refractivity contribution in [3.63, 3.8) is 0 Å². The monoisotopic (exact) mass is 313 g/mol. The summed E-state index contributed by atoms with van der Waals surface area (Å²) in [6, 6.07) is -0.206. The van der Waals surface area contributed by atoms with Crippen molar-refractivity contribution in [2.45, 2.75) is 79.1 Å². The van der Waals surface area contributed by atoms with E-state index in [0.29, 0.717) is 12.3 Å². The second kappa shape index (κ2) is 7.34. The van der Waals surface area contributed by atoms with Crippen LogP contribution >= 0.6 is 0 Å². The number of rotatable bonds is 5. The fourth-order valence-electron chi connectivity index (χ4n) is 2.69. The van der Waals surface area contributed by atoms with Crippen molar-refractivity contribution in [2.75, 3.05) is 0 Å². The highest BCUT2D eigenvalue weighted by Gasteiger charge is 2.41. The number of nitrogens with one attached hydrogen (secondary N) is 1. The Labute approximate surface area is 134 Å². The highest BCUT2D eigenvalue weighted by atomic mass is 16.6. The third-order valence-corrected chi connectivity index (χ3v) is 3.74. The molecule has 1 rings (SSSR count). The molecule has 1 N–H and O–H groups in total. The van der Waals surface area contributed by atoms with Gasteiger partial charge in [0, 0.05) is 0 Å². The quantitative estimate of drug-likeness (QED) is 0.789. The van der Waals surface area contributed by atoms with Crippen LogP contribution in [0.15, 0.2) is 0 Å². The minimum absolute atomic E-state index is 0.0832. The number of hydrogen-bond acceptors (Lipinski definition) is 4. The average Bonchev–Trinajstić information content (AvgIpc) is 2.67. The summed E-state index contributed by atoms with van der Waals surface area (Å²) in [5.41, 5.74) is -0.542. The van der Waals surface area contributed by atoms with Gasteiger partial charge in [0.15, 0.2) is 0 Å². The summed E-state index contributed by atoms with van der Waals surface area (Å²) in [7, 11) is 0. The lowest BCUT2D eigenvalue weighted by atomic mass is 9.89. The van der Waals surface area contributed by atoms with E-state index < -0.39 is 11.7 Å². The minimum atomic E-state index is -0.542. The van der Waals surface area contributed by atoms with E-state index in [1.807, 2.05) is 34.6 Å². The van der Waals surface area contributed by atoms with Crippen LogP contribution < -0.4 is 5.32 Å². The molecule has 1 aliphatic rings. The number of esters is 1. The molecule has 1 aliphatic heterocycles. The summed E-state index contributed by atoms with van der Waals surface area (Å²) in [6.45, 7) is 13.7. The lowest BCUT2D eigenvalue weighted by Crippen LogP contribution is -2.46. The number of ether oxygens (including phenoxy) is 2. The van der Waals surface area contributed by atoms with Crippen LogP contribution in [0.1, 0.15) is 61.3 Å². The first-order valence-corrected chi connectivity index (χ1v) is 8.19. The third kappa shape index (κ3) is 5.85. The van der Waals surface area contributed by atoms with Gasteiger partial charge in [-0.2, -0.15) is 0 Å². The number of alkyl carbamates (subject to hydrolysis) is 1. The lowest BCUT2D eigenvalue weighted by molar-refractivity contribution is -0.146. The van der Waals surface area contributed by atoms with Gasteiger partial charge in [0.1, 0.15) is 11.7 Å². The molecule has 0 aromatic rings. The summed E-state index contributed by atoms with van der Waals surface area (Å²) in [4.78, 5) is 24.0.